The molecule has 4 rings (SSSR count). The SMILES string of the molecule is COC(=O)C(c1ccccc1Cl)N1CCN(C(=O)c2cc(C)nc3ccc(C)cc23)CC1. The Kier molecular flexibility index (Phi) is 6.44. The highest BCUT2D eigenvalue weighted by atomic mass is 35.5. The number of ether oxygens (including phenoxy) is 1. The molecule has 1 saturated heterocycles. The van der Waals surface area contributed by atoms with Crippen LogP contribution in [0.1, 0.15) is 33.2 Å². The number of aromatic nitrogens is 1. The maximum Gasteiger partial charge on any atom is 0.327 e. The van der Waals surface area contributed by atoms with Gasteiger partial charge in [0.1, 0.15) is 6.04 Å². The molecule has 0 saturated carbocycles. The van der Waals surface area contributed by atoms with E-state index in [0.29, 0.717) is 42.3 Å². The van der Waals surface area contributed by atoms with Gasteiger partial charge in [0.05, 0.1) is 18.2 Å². The number of benzene rings is 2. The van der Waals surface area contributed by atoms with Gasteiger partial charge in [-0.3, -0.25) is 14.7 Å². The minimum absolute atomic E-state index is 0.0156. The molecule has 166 valence electrons. The van der Waals surface area contributed by atoms with Gasteiger partial charge in [-0.2, -0.15) is 0 Å². The zero-order valence-corrected chi connectivity index (χ0v) is 19.2. The highest BCUT2D eigenvalue weighted by Crippen LogP contribution is 2.30. The molecule has 1 fully saturated rings. The van der Waals surface area contributed by atoms with E-state index in [1.54, 1.807) is 6.07 Å². The molecule has 1 atom stereocenters. The largest absolute Gasteiger partial charge is 0.468 e. The van der Waals surface area contributed by atoms with Gasteiger partial charge in [0.2, 0.25) is 0 Å². The van der Waals surface area contributed by atoms with Crippen molar-refractivity contribution in [1.82, 2.24) is 14.8 Å². The Morgan fingerprint density at radius 1 is 1.03 bits per heavy atom. The first-order valence-electron chi connectivity index (χ1n) is 10.6. The number of nitrogens with zero attached hydrogens (tertiary/aromatic N) is 3. The van der Waals surface area contributed by atoms with E-state index in [0.717, 1.165) is 22.2 Å². The van der Waals surface area contributed by atoms with Crippen molar-refractivity contribution < 1.29 is 14.3 Å². The molecule has 1 amide bonds. The molecule has 7 heteroatoms. The molecule has 0 aliphatic carbocycles. The van der Waals surface area contributed by atoms with Gasteiger partial charge >= 0.3 is 5.97 Å². The van der Waals surface area contributed by atoms with Gasteiger partial charge in [0.15, 0.2) is 0 Å². The fourth-order valence-electron chi connectivity index (χ4n) is 4.28. The predicted octanol–water partition coefficient (Wildman–Crippen LogP) is 4.18. The number of rotatable bonds is 4. The second-order valence-corrected chi connectivity index (χ2v) is 8.51. The molecule has 3 aromatic rings. The third kappa shape index (κ3) is 4.33. The molecular weight excluding hydrogens is 426 g/mol. The first-order chi connectivity index (χ1) is 15.4. The zero-order chi connectivity index (χ0) is 22.8. The number of aryl methyl sites for hydroxylation is 2. The van der Waals surface area contributed by atoms with E-state index in [-0.39, 0.29) is 11.9 Å². The summed E-state index contributed by atoms with van der Waals surface area (Å²) in [5, 5.41) is 1.39. The van der Waals surface area contributed by atoms with Crippen LogP contribution in [0.3, 0.4) is 0 Å². The quantitative estimate of drug-likeness (QED) is 0.557. The average Bonchev–Trinajstić information content (AvgIpc) is 2.80. The van der Waals surface area contributed by atoms with Crippen molar-refractivity contribution in [3.63, 3.8) is 0 Å². The summed E-state index contributed by atoms with van der Waals surface area (Å²) in [7, 11) is 1.38. The van der Waals surface area contributed by atoms with Crippen LogP contribution in [-0.4, -0.2) is 59.9 Å². The standard InChI is InChI=1S/C25H26ClN3O3/c1-16-8-9-22-19(14-16)20(15-17(2)27-22)24(30)29-12-10-28(11-13-29)23(25(31)32-3)18-6-4-5-7-21(18)26/h4-9,14-15,23H,10-13H2,1-3H3. The number of hydrogen-bond acceptors (Lipinski definition) is 5. The number of pyridine rings is 1. The van der Waals surface area contributed by atoms with Crippen LogP contribution in [-0.2, 0) is 9.53 Å². The van der Waals surface area contributed by atoms with Crippen LogP contribution in [0.4, 0.5) is 0 Å². The van der Waals surface area contributed by atoms with Crippen LogP contribution in [0.5, 0.6) is 0 Å². The smallest absolute Gasteiger partial charge is 0.327 e. The van der Waals surface area contributed by atoms with Gasteiger partial charge in [0.25, 0.3) is 5.91 Å². The minimum Gasteiger partial charge on any atom is -0.468 e. The molecule has 0 N–H and O–H groups in total. The van der Waals surface area contributed by atoms with Crippen LogP contribution < -0.4 is 0 Å². The van der Waals surface area contributed by atoms with Crippen molar-refractivity contribution in [3.05, 3.63) is 75.9 Å². The summed E-state index contributed by atoms with van der Waals surface area (Å²) in [5.41, 5.74) is 4.10. The Labute approximate surface area is 192 Å². The molecule has 1 aromatic heterocycles. The van der Waals surface area contributed by atoms with Gasteiger partial charge in [0, 0.05) is 42.3 Å². The Morgan fingerprint density at radius 3 is 2.44 bits per heavy atom. The van der Waals surface area contributed by atoms with E-state index in [1.807, 2.05) is 66.1 Å². The molecule has 1 aliphatic rings. The Bertz CT molecular complexity index is 1170. The topological polar surface area (TPSA) is 62.7 Å². The van der Waals surface area contributed by atoms with Crippen molar-refractivity contribution in [2.24, 2.45) is 0 Å². The fraction of sp³-hybridized carbons (Fsp3) is 0.320. The van der Waals surface area contributed by atoms with Crippen molar-refractivity contribution >= 4 is 34.4 Å². The van der Waals surface area contributed by atoms with E-state index < -0.39 is 6.04 Å². The maximum absolute atomic E-state index is 13.4. The second-order valence-electron chi connectivity index (χ2n) is 8.11. The maximum atomic E-state index is 13.4. The van der Waals surface area contributed by atoms with Crippen molar-refractivity contribution in [1.29, 1.82) is 0 Å². The van der Waals surface area contributed by atoms with E-state index in [4.69, 9.17) is 16.3 Å². The average molecular weight is 452 g/mol. The summed E-state index contributed by atoms with van der Waals surface area (Å²) in [4.78, 5) is 34.5. The molecule has 0 bridgehead atoms. The van der Waals surface area contributed by atoms with Crippen molar-refractivity contribution in [2.75, 3.05) is 33.3 Å². The van der Waals surface area contributed by atoms with Gasteiger partial charge < -0.3 is 9.64 Å². The lowest BCUT2D eigenvalue weighted by atomic mass is 10.0. The highest BCUT2D eigenvalue weighted by Gasteiger charge is 2.34. The zero-order valence-electron chi connectivity index (χ0n) is 18.5. The minimum atomic E-state index is -0.599. The number of halogens is 1. The molecule has 1 unspecified atom stereocenters. The Balaban J connectivity index is 1.56. The number of carbonyl (C=O) groups is 2. The first-order valence-corrected chi connectivity index (χ1v) is 11.0. The van der Waals surface area contributed by atoms with Gasteiger partial charge in [-0.1, -0.05) is 41.4 Å². The predicted molar refractivity (Wildman–Crippen MR) is 125 cm³/mol. The van der Waals surface area contributed by atoms with Crippen LogP contribution in [0.2, 0.25) is 5.02 Å². The van der Waals surface area contributed by atoms with E-state index in [1.165, 1.54) is 7.11 Å². The van der Waals surface area contributed by atoms with Crippen LogP contribution >= 0.6 is 11.6 Å². The first kappa shape index (κ1) is 22.2. The molecule has 0 radical (unpaired) electrons. The number of carbonyl (C=O) groups excluding carboxylic acids is 2. The van der Waals surface area contributed by atoms with E-state index >= 15 is 0 Å². The highest BCUT2D eigenvalue weighted by molar-refractivity contribution is 6.31. The summed E-state index contributed by atoms with van der Waals surface area (Å²) < 4.78 is 5.06. The van der Waals surface area contributed by atoms with Gasteiger partial charge in [-0.25, -0.2) is 4.79 Å². The number of methoxy groups -OCH3 is 1. The lowest BCUT2D eigenvalue weighted by Gasteiger charge is -2.38. The van der Waals surface area contributed by atoms with Crippen LogP contribution in [0.25, 0.3) is 10.9 Å². The van der Waals surface area contributed by atoms with Gasteiger partial charge in [-0.05, 0) is 43.7 Å². The molecule has 0 spiro atoms. The summed E-state index contributed by atoms with van der Waals surface area (Å²) in [6, 6.07) is 14.5. The molecule has 6 nitrogen and oxygen atoms in total. The van der Waals surface area contributed by atoms with E-state index in [9.17, 15) is 9.59 Å². The van der Waals surface area contributed by atoms with E-state index in [2.05, 4.69) is 4.98 Å². The number of amides is 1. The summed E-state index contributed by atoms with van der Waals surface area (Å²) >= 11 is 6.38. The molecular formula is C25H26ClN3O3. The lowest BCUT2D eigenvalue weighted by molar-refractivity contribution is -0.148. The third-order valence-electron chi connectivity index (χ3n) is 5.91. The third-order valence-corrected chi connectivity index (χ3v) is 6.26. The number of hydrogen-bond donors (Lipinski definition) is 0. The monoisotopic (exact) mass is 451 g/mol. The number of piperazine rings is 1. The van der Waals surface area contributed by atoms with Gasteiger partial charge in [-0.15, -0.1) is 0 Å². The van der Waals surface area contributed by atoms with Crippen molar-refractivity contribution in [3.8, 4) is 0 Å². The number of esters is 1. The lowest BCUT2D eigenvalue weighted by Crippen LogP contribution is -2.51. The van der Waals surface area contributed by atoms with Crippen LogP contribution in [0, 0.1) is 13.8 Å². The fourth-order valence-corrected chi connectivity index (χ4v) is 4.52. The number of fused-ring (bicyclic) bond motifs is 1. The molecule has 2 heterocycles. The second kappa shape index (κ2) is 9.27. The van der Waals surface area contributed by atoms with Crippen molar-refractivity contribution in [2.45, 2.75) is 19.9 Å². The Hall–Kier alpha value is -2.96. The van der Waals surface area contributed by atoms with Crippen LogP contribution in [0.15, 0.2) is 48.5 Å². The molecule has 32 heavy (non-hydrogen) atoms. The summed E-state index contributed by atoms with van der Waals surface area (Å²) in [5.74, 6) is -0.373. The Morgan fingerprint density at radius 2 is 1.75 bits per heavy atom. The summed E-state index contributed by atoms with van der Waals surface area (Å²) in [6.07, 6.45) is 0. The molecule has 2 aromatic carbocycles. The molecule has 1 aliphatic heterocycles. The normalized spacial score (nSPS) is 15.6. The summed E-state index contributed by atoms with van der Waals surface area (Å²) in [6.45, 7) is 6.00.